The highest BCUT2D eigenvalue weighted by Crippen LogP contribution is 2.13. The van der Waals surface area contributed by atoms with Crippen LogP contribution in [0, 0.1) is 0 Å². The number of hydrogen-bond donors (Lipinski definition) is 3. The summed E-state index contributed by atoms with van der Waals surface area (Å²) in [5.41, 5.74) is -1.03. The maximum Gasteiger partial charge on any atom is 0.329 e. The molecule has 1 aromatic heterocycles. The van der Waals surface area contributed by atoms with Crippen molar-refractivity contribution in [2.45, 2.75) is 25.8 Å². The lowest BCUT2D eigenvalue weighted by Crippen LogP contribution is -2.51. The monoisotopic (exact) mass is 244 g/mol. The van der Waals surface area contributed by atoms with Crippen molar-refractivity contribution < 1.29 is 14.7 Å². The van der Waals surface area contributed by atoms with Gasteiger partial charge in [0, 0.05) is 6.20 Å². The second-order valence-corrected chi connectivity index (χ2v) is 4.11. The lowest BCUT2D eigenvalue weighted by Gasteiger charge is -2.24. The highest BCUT2D eigenvalue weighted by molar-refractivity contribution is 6.31. The van der Waals surface area contributed by atoms with E-state index in [0.29, 0.717) is 11.4 Å². The second-order valence-electron chi connectivity index (χ2n) is 3.68. The van der Waals surface area contributed by atoms with Gasteiger partial charge in [-0.2, -0.15) is 0 Å². The Labute approximate surface area is 97.8 Å². The second kappa shape index (κ2) is 4.57. The molecule has 1 rings (SSSR count). The summed E-state index contributed by atoms with van der Waals surface area (Å²) < 4.78 is 0. The fourth-order valence-electron chi connectivity index (χ4n) is 1.11. The number of carboxylic acids is 1. The molecule has 1 atom stereocenters. The number of H-pyrrole nitrogens is 1. The number of hydrogen-bond acceptors (Lipinski definition) is 2. The molecule has 0 bridgehead atoms. The van der Waals surface area contributed by atoms with E-state index in [9.17, 15) is 9.59 Å². The van der Waals surface area contributed by atoms with Crippen LogP contribution in [0.1, 0.15) is 30.8 Å². The highest BCUT2D eigenvalue weighted by Gasteiger charge is 2.33. The van der Waals surface area contributed by atoms with Gasteiger partial charge in [-0.1, -0.05) is 18.5 Å². The summed E-state index contributed by atoms with van der Waals surface area (Å²) in [4.78, 5) is 25.3. The van der Waals surface area contributed by atoms with Gasteiger partial charge in [-0.3, -0.25) is 4.79 Å². The number of aromatic nitrogens is 1. The Morgan fingerprint density at radius 3 is 2.62 bits per heavy atom. The van der Waals surface area contributed by atoms with E-state index >= 15 is 0 Å². The normalized spacial score (nSPS) is 14.2. The van der Waals surface area contributed by atoms with E-state index in [0.717, 1.165) is 0 Å². The van der Waals surface area contributed by atoms with Crippen LogP contribution >= 0.6 is 11.6 Å². The summed E-state index contributed by atoms with van der Waals surface area (Å²) in [6, 6.07) is 1.44. The molecule has 0 fully saturated rings. The van der Waals surface area contributed by atoms with Crippen LogP contribution in [-0.2, 0) is 4.79 Å². The molecule has 3 N–H and O–H groups in total. The number of carbonyl (C=O) groups is 2. The van der Waals surface area contributed by atoms with Crippen LogP contribution in [-0.4, -0.2) is 27.5 Å². The number of aromatic amines is 1. The Morgan fingerprint density at radius 2 is 2.25 bits per heavy atom. The Morgan fingerprint density at radius 1 is 1.62 bits per heavy atom. The lowest BCUT2D eigenvalue weighted by atomic mass is 9.99. The smallest absolute Gasteiger partial charge is 0.329 e. The number of amides is 1. The predicted molar refractivity (Wildman–Crippen MR) is 59.6 cm³/mol. The molecular weight excluding hydrogens is 232 g/mol. The molecule has 1 heterocycles. The Hall–Kier alpha value is -1.49. The van der Waals surface area contributed by atoms with Crippen LogP contribution in [0.25, 0.3) is 0 Å². The first-order valence-electron chi connectivity index (χ1n) is 4.79. The zero-order valence-corrected chi connectivity index (χ0v) is 9.76. The van der Waals surface area contributed by atoms with E-state index in [1.165, 1.54) is 19.2 Å². The minimum absolute atomic E-state index is 0.242. The van der Waals surface area contributed by atoms with Crippen molar-refractivity contribution in [3.63, 3.8) is 0 Å². The Kier molecular flexibility index (Phi) is 3.59. The zero-order valence-electron chi connectivity index (χ0n) is 9.00. The summed E-state index contributed by atoms with van der Waals surface area (Å²) >= 11 is 5.64. The molecule has 88 valence electrons. The number of rotatable bonds is 4. The van der Waals surface area contributed by atoms with Gasteiger partial charge in [-0.05, 0) is 19.4 Å². The molecule has 1 amide bonds. The van der Waals surface area contributed by atoms with E-state index in [4.69, 9.17) is 16.7 Å². The van der Waals surface area contributed by atoms with Crippen LogP contribution < -0.4 is 5.32 Å². The molecule has 0 aromatic carbocycles. The van der Waals surface area contributed by atoms with Crippen molar-refractivity contribution >= 4 is 23.5 Å². The lowest BCUT2D eigenvalue weighted by molar-refractivity contribution is -0.143. The van der Waals surface area contributed by atoms with E-state index in [1.54, 1.807) is 6.92 Å². The first kappa shape index (κ1) is 12.6. The minimum Gasteiger partial charge on any atom is -0.480 e. The van der Waals surface area contributed by atoms with E-state index in [2.05, 4.69) is 10.3 Å². The van der Waals surface area contributed by atoms with Crippen molar-refractivity contribution in [2.24, 2.45) is 0 Å². The average Bonchev–Trinajstić information content (AvgIpc) is 2.64. The standard InChI is InChI=1S/C10H13ClN2O3/c1-3-10(2,9(15)16)13-8(14)7-4-6(11)5-12-7/h4-5,12H,3H2,1-2H3,(H,13,14)(H,15,16). The van der Waals surface area contributed by atoms with E-state index < -0.39 is 17.4 Å². The van der Waals surface area contributed by atoms with Gasteiger partial charge in [-0.15, -0.1) is 0 Å². The maximum atomic E-state index is 11.7. The molecule has 0 aliphatic heterocycles. The summed E-state index contributed by atoms with van der Waals surface area (Å²) in [6.45, 7) is 3.15. The molecular formula is C10H13ClN2O3. The molecule has 0 spiro atoms. The number of nitrogens with one attached hydrogen (secondary N) is 2. The molecule has 0 saturated carbocycles. The van der Waals surface area contributed by atoms with Crippen molar-refractivity contribution in [3.8, 4) is 0 Å². The summed E-state index contributed by atoms with van der Waals surface area (Å²) in [7, 11) is 0. The molecule has 1 unspecified atom stereocenters. The van der Waals surface area contributed by atoms with Gasteiger partial charge in [0.25, 0.3) is 5.91 Å². The molecule has 0 radical (unpaired) electrons. The SMILES string of the molecule is CCC(C)(NC(=O)c1cc(Cl)c[nH]1)C(=O)O. The molecule has 0 aliphatic carbocycles. The minimum atomic E-state index is -1.27. The maximum absolute atomic E-state index is 11.7. The first-order chi connectivity index (χ1) is 7.39. The summed E-state index contributed by atoms with van der Waals surface area (Å²) in [5.74, 6) is -1.56. The van der Waals surface area contributed by atoms with Crippen molar-refractivity contribution in [2.75, 3.05) is 0 Å². The number of carbonyl (C=O) groups excluding carboxylic acids is 1. The zero-order chi connectivity index (χ0) is 12.3. The molecule has 0 aliphatic rings. The molecule has 16 heavy (non-hydrogen) atoms. The van der Waals surface area contributed by atoms with Gasteiger partial charge < -0.3 is 15.4 Å². The van der Waals surface area contributed by atoms with Crippen LogP contribution in [0.15, 0.2) is 12.3 Å². The van der Waals surface area contributed by atoms with Crippen LogP contribution in [0.4, 0.5) is 0 Å². The van der Waals surface area contributed by atoms with E-state index in [-0.39, 0.29) is 5.69 Å². The Bertz CT molecular complexity index is 416. The van der Waals surface area contributed by atoms with Crippen molar-refractivity contribution in [1.29, 1.82) is 0 Å². The number of carboxylic acid groups (broad SMARTS) is 1. The molecule has 1 aromatic rings. The fourth-order valence-corrected chi connectivity index (χ4v) is 1.27. The Balaban J connectivity index is 2.81. The quantitative estimate of drug-likeness (QED) is 0.753. The van der Waals surface area contributed by atoms with Crippen LogP contribution in [0.3, 0.4) is 0 Å². The third kappa shape index (κ3) is 2.55. The van der Waals surface area contributed by atoms with Gasteiger partial charge in [0.2, 0.25) is 0 Å². The molecule has 0 saturated heterocycles. The predicted octanol–water partition coefficient (Wildman–Crippen LogP) is 1.65. The topological polar surface area (TPSA) is 82.2 Å². The van der Waals surface area contributed by atoms with E-state index in [1.807, 2.05) is 0 Å². The van der Waals surface area contributed by atoms with Gasteiger partial charge >= 0.3 is 5.97 Å². The summed E-state index contributed by atoms with van der Waals surface area (Å²) in [6.07, 6.45) is 1.75. The molecule has 5 nitrogen and oxygen atoms in total. The van der Waals surface area contributed by atoms with Crippen LogP contribution in [0.2, 0.25) is 5.02 Å². The number of aliphatic carboxylic acids is 1. The molecule has 6 heteroatoms. The largest absolute Gasteiger partial charge is 0.480 e. The van der Waals surface area contributed by atoms with Crippen molar-refractivity contribution in [3.05, 3.63) is 23.0 Å². The van der Waals surface area contributed by atoms with Crippen molar-refractivity contribution in [1.82, 2.24) is 10.3 Å². The van der Waals surface area contributed by atoms with Gasteiger partial charge in [0.1, 0.15) is 11.2 Å². The fraction of sp³-hybridized carbons (Fsp3) is 0.400. The number of halogens is 1. The first-order valence-corrected chi connectivity index (χ1v) is 5.16. The average molecular weight is 245 g/mol. The van der Waals surface area contributed by atoms with Gasteiger partial charge in [-0.25, -0.2) is 4.79 Å². The van der Waals surface area contributed by atoms with Crippen LogP contribution in [0.5, 0.6) is 0 Å². The summed E-state index contributed by atoms with van der Waals surface area (Å²) in [5, 5.41) is 11.8. The highest BCUT2D eigenvalue weighted by atomic mass is 35.5. The third-order valence-corrected chi connectivity index (χ3v) is 2.68. The third-order valence-electron chi connectivity index (χ3n) is 2.46. The van der Waals surface area contributed by atoms with Gasteiger partial charge in [0.15, 0.2) is 0 Å². The van der Waals surface area contributed by atoms with Gasteiger partial charge in [0.05, 0.1) is 5.02 Å².